The number of fused-ring (bicyclic) bond motifs is 1. The molecule has 2 unspecified atom stereocenters. The first-order valence-corrected chi connectivity index (χ1v) is 13.5. The van der Waals surface area contributed by atoms with E-state index in [9.17, 15) is 13.5 Å². The molecule has 8 heteroatoms. The minimum atomic E-state index is -3.93. The minimum absolute atomic E-state index is 0.0863. The monoisotopic (exact) mass is 484 g/mol. The second-order valence-corrected chi connectivity index (χ2v) is 11.8. The van der Waals surface area contributed by atoms with E-state index < -0.39 is 21.9 Å². The number of aliphatic hydroxyl groups is 1. The molecule has 3 heterocycles. The molecule has 1 aliphatic heterocycles. The predicted octanol–water partition coefficient (Wildman–Crippen LogP) is 4.58. The third-order valence-electron chi connectivity index (χ3n) is 6.87. The summed E-state index contributed by atoms with van der Waals surface area (Å²) in [5.41, 5.74) is 1.64. The summed E-state index contributed by atoms with van der Waals surface area (Å²) < 4.78 is 40.2. The van der Waals surface area contributed by atoms with Crippen LogP contribution in [0.1, 0.15) is 63.3 Å². The third-order valence-corrected chi connectivity index (χ3v) is 8.60. The van der Waals surface area contributed by atoms with Gasteiger partial charge in [0.05, 0.1) is 29.4 Å². The van der Waals surface area contributed by atoms with E-state index in [0.717, 1.165) is 31.2 Å². The van der Waals surface area contributed by atoms with E-state index in [1.54, 1.807) is 42.6 Å². The van der Waals surface area contributed by atoms with Gasteiger partial charge in [-0.25, -0.2) is 17.4 Å². The van der Waals surface area contributed by atoms with Gasteiger partial charge in [0.1, 0.15) is 0 Å². The second-order valence-electron chi connectivity index (χ2n) is 9.96. The lowest BCUT2D eigenvalue weighted by atomic mass is 9.98. The number of ether oxygens (including phenoxy) is 2. The summed E-state index contributed by atoms with van der Waals surface area (Å²) >= 11 is 0. The number of benzene rings is 1. The fourth-order valence-electron chi connectivity index (χ4n) is 5.24. The van der Waals surface area contributed by atoms with E-state index >= 15 is 0 Å². The molecule has 1 saturated heterocycles. The Morgan fingerprint density at radius 2 is 1.91 bits per heavy atom. The highest BCUT2D eigenvalue weighted by atomic mass is 32.2. The van der Waals surface area contributed by atoms with E-state index in [-0.39, 0.29) is 11.0 Å². The van der Waals surface area contributed by atoms with Crippen molar-refractivity contribution in [3.8, 4) is 0 Å². The van der Waals surface area contributed by atoms with Crippen molar-refractivity contribution >= 4 is 21.1 Å². The number of nitrogens with zero attached hydrogens (tertiary/aromatic N) is 2. The summed E-state index contributed by atoms with van der Waals surface area (Å²) in [4.78, 5) is 4.74. The zero-order valence-electron chi connectivity index (χ0n) is 19.7. The number of hydrogen-bond donors (Lipinski definition) is 1. The minimum Gasteiger partial charge on any atom is -0.387 e. The smallest absolute Gasteiger partial charge is 0.269 e. The maximum absolute atomic E-state index is 13.7. The molecule has 1 N–H and O–H groups in total. The molecule has 2 aliphatic rings. The number of aromatic nitrogens is 2. The summed E-state index contributed by atoms with van der Waals surface area (Å²) in [7, 11) is -3.93. The maximum atomic E-state index is 13.7. The molecule has 34 heavy (non-hydrogen) atoms. The fraction of sp³-hybridized carbons (Fsp3) is 0.500. The molecule has 3 aromatic rings. The van der Waals surface area contributed by atoms with Gasteiger partial charge in [-0.1, -0.05) is 43.9 Å². The second kappa shape index (κ2) is 9.07. The normalized spacial score (nSPS) is 21.9. The molecule has 0 radical (unpaired) electrons. The highest BCUT2D eigenvalue weighted by Crippen LogP contribution is 2.36. The van der Waals surface area contributed by atoms with Gasteiger partial charge in [-0.05, 0) is 56.0 Å². The van der Waals surface area contributed by atoms with Gasteiger partial charge in [0.25, 0.3) is 10.0 Å². The van der Waals surface area contributed by atoms with Gasteiger partial charge < -0.3 is 14.6 Å². The van der Waals surface area contributed by atoms with E-state index in [1.165, 1.54) is 3.97 Å². The molecule has 2 aromatic heterocycles. The Kier molecular flexibility index (Phi) is 6.27. The average molecular weight is 485 g/mol. The summed E-state index contributed by atoms with van der Waals surface area (Å²) in [5.74, 6) is -0.195. The summed E-state index contributed by atoms with van der Waals surface area (Å²) in [5, 5.41) is 11.9. The van der Waals surface area contributed by atoms with Crippen molar-refractivity contribution in [2.75, 3.05) is 6.61 Å². The van der Waals surface area contributed by atoms with Crippen molar-refractivity contribution in [3.05, 3.63) is 59.9 Å². The van der Waals surface area contributed by atoms with Crippen molar-refractivity contribution in [2.45, 2.75) is 75.3 Å². The van der Waals surface area contributed by atoms with Crippen LogP contribution in [0.3, 0.4) is 0 Å². The first kappa shape index (κ1) is 23.5. The van der Waals surface area contributed by atoms with Crippen LogP contribution in [0.4, 0.5) is 0 Å². The molecule has 2 atom stereocenters. The molecule has 182 valence electrons. The fourth-order valence-corrected chi connectivity index (χ4v) is 6.78. The zero-order chi connectivity index (χ0) is 23.9. The molecular weight excluding hydrogens is 452 g/mol. The van der Waals surface area contributed by atoms with Crippen LogP contribution >= 0.6 is 0 Å². The van der Waals surface area contributed by atoms with Crippen LogP contribution in [0, 0.1) is 5.92 Å². The number of aliphatic hydroxyl groups excluding tert-OH is 1. The van der Waals surface area contributed by atoms with Gasteiger partial charge >= 0.3 is 0 Å². The topological polar surface area (TPSA) is 90.6 Å². The largest absolute Gasteiger partial charge is 0.387 e. The van der Waals surface area contributed by atoms with Gasteiger partial charge in [0, 0.05) is 18.0 Å². The van der Waals surface area contributed by atoms with Gasteiger partial charge in [0.15, 0.2) is 11.4 Å². The van der Waals surface area contributed by atoms with Crippen molar-refractivity contribution in [1.82, 2.24) is 8.96 Å². The molecule has 0 amide bonds. The quantitative estimate of drug-likeness (QED) is 0.528. The molecular formula is C26H32N2O5S. The Hall–Kier alpha value is -2.26. The standard InChI is InChI=1S/C26H32N2O5S/c1-26(2)32-17-21(33-26)13-19-12-20-15-23(24(29)14-18-8-6-7-9-18)28(25(20)27-16-19)34(30,31)22-10-4-3-5-11-22/h3-5,10-12,15-16,18,21,24,29H,6-9,13-14,17H2,1-2H3. The Bertz CT molecular complexity index is 1260. The summed E-state index contributed by atoms with van der Waals surface area (Å²) in [6.45, 7) is 4.28. The predicted molar refractivity (Wildman–Crippen MR) is 129 cm³/mol. The van der Waals surface area contributed by atoms with E-state index in [0.29, 0.717) is 42.1 Å². The van der Waals surface area contributed by atoms with Crippen LogP contribution in [0.5, 0.6) is 0 Å². The number of rotatable bonds is 7. The van der Waals surface area contributed by atoms with Crippen LogP contribution in [0.15, 0.2) is 53.6 Å². The Morgan fingerprint density at radius 3 is 2.59 bits per heavy atom. The molecule has 5 rings (SSSR count). The van der Waals surface area contributed by atoms with Crippen LogP contribution < -0.4 is 0 Å². The van der Waals surface area contributed by atoms with Crippen LogP contribution in [-0.4, -0.2) is 41.0 Å². The third kappa shape index (κ3) is 4.64. The first-order valence-electron chi connectivity index (χ1n) is 12.0. The van der Waals surface area contributed by atoms with Gasteiger partial charge in [-0.3, -0.25) is 0 Å². The summed E-state index contributed by atoms with van der Waals surface area (Å²) in [6, 6.07) is 12.0. The molecule has 0 spiro atoms. The zero-order valence-corrected chi connectivity index (χ0v) is 20.5. The lowest BCUT2D eigenvalue weighted by Gasteiger charge is -2.18. The Morgan fingerprint density at radius 1 is 1.18 bits per heavy atom. The highest BCUT2D eigenvalue weighted by Gasteiger charge is 2.33. The lowest BCUT2D eigenvalue weighted by molar-refractivity contribution is -0.138. The average Bonchev–Trinajstić information content (AvgIpc) is 3.53. The maximum Gasteiger partial charge on any atom is 0.269 e. The molecule has 2 fully saturated rings. The van der Waals surface area contributed by atoms with Crippen LogP contribution in [-0.2, 0) is 25.9 Å². The SMILES string of the molecule is CC1(C)OCC(Cc2cnc3c(c2)cc(C(O)CC2CCCC2)n3S(=O)(=O)c2ccccc2)O1. The Labute approximate surface area is 200 Å². The lowest BCUT2D eigenvalue weighted by Crippen LogP contribution is -2.22. The first-order chi connectivity index (χ1) is 16.2. The Balaban J connectivity index is 1.54. The number of hydrogen-bond acceptors (Lipinski definition) is 6. The van der Waals surface area contributed by atoms with Crippen molar-refractivity contribution in [2.24, 2.45) is 5.92 Å². The summed E-state index contributed by atoms with van der Waals surface area (Å²) in [6.07, 6.45) is 6.37. The van der Waals surface area contributed by atoms with Crippen LogP contribution in [0.25, 0.3) is 11.0 Å². The van der Waals surface area contributed by atoms with Crippen molar-refractivity contribution < 1.29 is 23.0 Å². The van der Waals surface area contributed by atoms with Gasteiger partial charge in [0.2, 0.25) is 0 Å². The van der Waals surface area contributed by atoms with E-state index in [4.69, 9.17) is 9.47 Å². The van der Waals surface area contributed by atoms with Crippen LogP contribution in [0.2, 0.25) is 0 Å². The van der Waals surface area contributed by atoms with E-state index in [1.807, 2.05) is 19.9 Å². The molecule has 7 nitrogen and oxygen atoms in total. The van der Waals surface area contributed by atoms with Crippen molar-refractivity contribution in [3.63, 3.8) is 0 Å². The van der Waals surface area contributed by atoms with Crippen molar-refractivity contribution in [1.29, 1.82) is 0 Å². The van der Waals surface area contributed by atoms with Gasteiger partial charge in [-0.15, -0.1) is 0 Å². The molecule has 1 aromatic carbocycles. The van der Waals surface area contributed by atoms with Gasteiger partial charge in [-0.2, -0.15) is 0 Å². The molecule has 0 bridgehead atoms. The van der Waals surface area contributed by atoms with E-state index in [2.05, 4.69) is 4.98 Å². The molecule has 1 saturated carbocycles. The highest BCUT2D eigenvalue weighted by molar-refractivity contribution is 7.90. The molecule has 1 aliphatic carbocycles. The number of pyridine rings is 1.